The van der Waals surface area contributed by atoms with Crippen molar-refractivity contribution in [3.8, 4) is 5.75 Å². The molecule has 0 radical (unpaired) electrons. The van der Waals surface area contributed by atoms with Gasteiger partial charge in [-0.15, -0.1) is 10.8 Å². The van der Waals surface area contributed by atoms with Crippen LogP contribution in [-0.4, -0.2) is 42.5 Å². The van der Waals surface area contributed by atoms with Crippen molar-refractivity contribution >= 4 is 20.9 Å². The molecule has 2 rings (SSSR count). The van der Waals surface area contributed by atoms with E-state index < -0.39 is 22.8 Å². The third-order valence-corrected chi connectivity index (χ3v) is 3.62. The monoisotopic (exact) mass is 320 g/mol. The van der Waals surface area contributed by atoms with E-state index in [-0.39, 0.29) is 52.2 Å². The minimum absolute atomic E-state index is 0. The van der Waals surface area contributed by atoms with Crippen LogP contribution in [-0.2, 0) is 10.1 Å². The molecule has 0 aliphatic rings. The molecule has 3 N–H and O–H groups in total. The number of benzene rings is 2. The standard InChI is InChI=1S/C13H13O6S.Na/c14-7-10(15)8-19-12-6-5-9-3-1-2-4-11(9)13(12)20(16,17)18;/h1,3-6,10,14-15H,7-8H2,(H,16,17,18);/q-1;+1. The summed E-state index contributed by atoms with van der Waals surface area (Å²) in [6, 6.07) is 10.4. The normalized spacial score (nSPS) is 12.7. The molecule has 0 bridgehead atoms. The first kappa shape index (κ1) is 18.4. The summed E-state index contributed by atoms with van der Waals surface area (Å²) in [7, 11) is -4.50. The number of hydrogen-bond acceptors (Lipinski definition) is 5. The molecule has 0 spiro atoms. The molecular weight excluding hydrogens is 307 g/mol. The van der Waals surface area contributed by atoms with Crippen LogP contribution in [0.25, 0.3) is 10.8 Å². The van der Waals surface area contributed by atoms with Crippen molar-refractivity contribution in [2.75, 3.05) is 13.2 Å². The summed E-state index contributed by atoms with van der Waals surface area (Å²) >= 11 is 0. The summed E-state index contributed by atoms with van der Waals surface area (Å²) in [5.74, 6) is -0.0906. The van der Waals surface area contributed by atoms with Crippen LogP contribution in [0.2, 0.25) is 0 Å². The second kappa shape index (κ2) is 7.55. The molecule has 2 aromatic carbocycles. The van der Waals surface area contributed by atoms with Crippen LogP contribution in [0.5, 0.6) is 5.75 Å². The van der Waals surface area contributed by atoms with Gasteiger partial charge in [-0.05, 0) is 6.07 Å². The minimum Gasteiger partial charge on any atom is -0.490 e. The molecule has 0 fully saturated rings. The molecule has 2 aromatic rings. The smallest absolute Gasteiger partial charge is 0.490 e. The van der Waals surface area contributed by atoms with Gasteiger partial charge in [0.25, 0.3) is 10.1 Å². The van der Waals surface area contributed by atoms with Gasteiger partial charge >= 0.3 is 29.6 Å². The summed E-state index contributed by atoms with van der Waals surface area (Å²) in [6.07, 6.45) is -1.14. The zero-order chi connectivity index (χ0) is 14.8. The van der Waals surface area contributed by atoms with Crippen molar-refractivity contribution in [1.82, 2.24) is 0 Å². The topological polar surface area (TPSA) is 104 Å². The molecule has 0 aliphatic carbocycles. The van der Waals surface area contributed by atoms with Crippen LogP contribution in [0.1, 0.15) is 0 Å². The van der Waals surface area contributed by atoms with E-state index in [0.717, 1.165) is 0 Å². The van der Waals surface area contributed by atoms with Gasteiger partial charge in [-0.2, -0.15) is 32.7 Å². The third kappa shape index (κ3) is 4.40. The van der Waals surface area contributed by atoms with Crippen molar-refractivity contribution in [2.24, 2.45) is 0 Å². The number of aliphatic hydroxyl groups is 2. The van der Waals surface area contributed by atoms with Gasteiger partial charge in [0.05, 0.1) is 11.5 Å². The number of fused-ring (bicyclic) bond motifs is 1. The van der Waals surface area contributed by atoms with E-state index in [1.807, 2.05) is 0 Å². The van der Waals surface area contributed by atoms with Crippen LogP contribution in [0.15, 0.2) is 35.2 Å². The summed E-state index contributed by atoms with van der Waals surface area (Å²) in [6.45, 7) is -0.802. The molecule has 108 valence electrons. The second-order valence-corrected chi connectivity index (χ2v) is 5.52. The van der Waals surface area contributed by atoms with Crippen LogP contribution in [0, 0.1) is 6.07 Å². The first-order chi connectivity index (χ1) is 9.43. The molecular formula is C13H13NaO6S. The van der Waals surface area contributed by atoms with E-state index in [0.29, 0.717) is 5.39 Å². The first-order valence-corrected chi connectivity index (χ1v) is 7.19. The Hall–Kier alpha value is -0.670. The third-order valence-electron chi connectivity index (χ3n) is 2.68. The number of hydrogen-bond donors (Lipinski definition) is 3. The largest absolute Gasteiger partial charge is 1.00 e. The van der Waals surface area contributed by atoms with Gasteiger partial charge in [0.2, 0.25) is 0 Å². The quantitative estimate of drug-likeness (QED) is 0.323. The van der Waals surface area contributed by atoms with Gasteiger partial charge in [0, 0.05) is 0 Å². The molecule has 0 saturated carbocycles. The van der Waals surface area contributed by atoms with Gasteiger partial charge in [-0.3, -0.25) is 4.55 Å². The fraction of sp³-hybridized carbons (Fsp3) is 0.231. The molecule has 0 heterocycles. The molecule has 0 saturated heterocycles. The zero-order valence-electron chi connectivity index (χ0n) is 11.4. The average molecular weight is 320 g/mol. The second-order valence-electron chi connectivity index (χ2n) is 4.16. The maximum absolute atomic E-state index is 11.5. The summed E-state index contributed by atoms with van der Waals surface area (Å²) in [4.78, 5) is -0.378. The van der Waals surface area contributed by atoms with Gasteiger partial charge < -0.3 is 14.9 Å². The van der Waals surface area contributed by atoms with Crippen molar-refractivity contribution < 1.29 is 57.5 Å². The van der Waals surface area contributed by atoms with Crippen LogP contribution >= 0.6 is 0 Å². The molecule has 0 amide bonds. The molecule has 0 aromatic heterocycles. The van der Waals surface area contributed by atoms with Crippen molar-refractivity contribution in [3.63, 3.8) is 0 Å². The van der Waals surface area contributed by atoms with E-state index >= 15 is 0 Å². The molecule has 8 heteroatoms. The Balaban J connectivity index is 0.00000220. The van der Waals surface area contributed by atoms with Gasteiger partial charge in [0.1, 0.15) is 18.5 Å². The predicted molar refractivity (Wildman–Crippen MR) is 71.2 cm³/mol. The Labute approximate surface area is 144 Å². The maximum Gasteiger partial charge on any atom is 1.00 e. The summed E-state index contributed by atoms with van der Waals surface area (Å²) < 4.78 is 37.6. The average Bonchev–Trinajstić information content (AvgIpc) is 2.42. The molecule has 0 aliphatic heterocycles. The van der Waals surface area contributed by atoms with Crippen LogP contribution in [0.4, 0.5) is 0 Å². The Kier molecular flexibility index (Phi) is 6.61. The van der Waals surface area contributed by atoms with Crippen LogP contribution < -0.4 is 34.3 Å². The van der Waals surface area contributed by atoms with Crippen molar-refractivity contribution in [3.05, 3.63) is 36.4 Å². The molecule has 6 nitrogen and oxygen atoms in total. The van der Waals surface area contributed by atoms with Crippen molar-refractivity contribution in [1.29, 1.82) is 0 Å². The van der Waals surface area contributed by atoms with E-state index in [4.69, 9.17) is 9.84 Å². The Morgan fingerprint density at radius 3 is 2.62 bits per heavy atom. The van der Waals surface area contributed by atoms with E-state index in [1.54, 1.807) is 18.2 Å². The number of aliphatic hydroxyl groups excluding tert-OH is 2. The Bertz CT molecular complexity index is 716. The van der Waals surface area contributed by atoms with E-state index in [1.165, 1.54) is 12.1 Å². The summed E-state index contributed by atoms with van der Waals surface area (Å²) in [5, 5.41) is 18.8. The fourth-order valence-electron chi connectivity index (χ4n) is 1.78. The number of ether oxygens (including phenoxy) is 1. The number of rotatable bonds is 5. The Morgan fingerprint density at radius 2 is 2.00 bits per heavy atom. The van der Waals surface area contributed by atoms with E-state index in [9.17, 15) is 18.1 Å². The van der Waals surface area contributed by atoms with E-state index in [2.05, 4.69) is 6.07 Å². The van der Waals surface area contributed by atoms with Gasteiger partial charge in [0.15, 0.2) is 0 Å². The molecule has 1 unspecified atom stereocenters. The SMILES string of the molecule is O=S(=O)(O)c1c(OCC(O)CO)ccc2cc[c-]cc12.[Na+]. The van der Waals surface area contributed by atoms with Gasteiger partial charge in [-0.25, -0.2) is 0 Å². The van der Waals surface area contributed by atoms with Crippen LogP contribution in [0.3, 0.4) is 0 Å². The Morgan fingerprint density at radius 1 is 1.29 bits per heavy atom. The zero-order valence-corrected chi connectivity index (χ0v) is 14.2. The molecule has 1 atom stereocenters. The van der Waals surface area contributed by atoms with Crippen molar-refractivity contribution in [2.45, 2.75) is 11.0 Å². The minimum atomic E-state index is -4.50. The van der Waals surface area contributed by atoms with Gasteiger partial charge in [-0.1, -0.05) is 6.07 Å². The fourth-order valence-corrected chi connectivity index (χ4v) is 2.61. The summed E-state index contributed by atoms with van der Waals surface area (Å²) in [5.41, 5.74) is 0. The maximum atomic E-state index is 11.5. The predicted octanol–water partition coefficient (Wildman–Crippen LogP) is -2.38. The molecule has 21 heavy (non-hydrogen) atoms. The first-order valence-electron chi connectivity index (χ1n) is 5.75.